The maximum absolute atomic E-state index is 5.90. The van der Waals surface area contributed by atoms with Crippen molar-refractivity contribution in [3.05, 3.63) is 70.7 Å². The second kappa shape index (κ2) is 6.58. The van der Waals surface area contributed by atoms with E-state index in [1.165, 1.54) is 11.1 Å². The van der Waals surface area contributed by atoms with Crippen molar-refractivity contribution in [2.45, 2.75) is 18.9 Å². The van der Waals surface area contributed by atoms with E-state index in [9.17, 15) is 0 Å². The van der Waals surface area contributed by atoms with Crippen molar-refractivity contribution >= 4 is 11.6 Å². The molecule has 0 saturated heterocycles. The smallest absolute Gasteiger partial charge is 0.0406 e. The van der Waals surface area contributed by atoms with Gasteiger partial charge in [-0.05, 0) is 43.1 Å². The minimum Gasteiger partial charge on any atom is -0.316 e. The van der Waals surface area contributed by atoms with Gasteiger partial charge in [0.2, 0.25) is 0 Å². The minimum absolute atomic E-state index is 0.452. The summed E-state index contributed by atoms with van der Waals surface area (Å²) in [5.41, 5.74) is 2.68. The predicted molar refractivity (Wildman–Crippen MR) is 78.1 cm³/mol. The highest BCUT2D eigenvalue weighted by Gasteiger charge is 2.08. The Bertz CT molecular complexity index is 464. The molecule has 1 N–H and O–H groups in total. The first-order valence-corrected chi connectivity index (χ1v) is 6.61. The molecule has 0 amide bonds. The van der Waals surface area contributed by atoms with Crippen LogP contribution < -0.4 is 5.32 Å². The van der Waals surface area contributed by atoms with Crippen LogP contribution >= 0.6 is 11.6 Å². The molecule has 94 valence electrons. The van der Waals surface area contributed by atoms with E-state index in [1.807, 2.05) is 19.2 Å². The highest BCUT2D eigenvalue weighted by Crippen LogP contribution is 2.13. The number of rotatable bonds is 5. The highest BCUT2D eigenvalue weighted by atomic mass is 35.5. The number of likely N-dealkylation sites (N-methyl/N-ethyl adjacent to an activating group) is 1. The van der Waals surface area contributed by atoms with Crippen LogP contribution in [0.25, 0.3) is 0 Å². The molecule has 2 heteroatoms. The molecule has 0 spiro atoms. The van der Waals surface area contributed by atoms with Crippen molar-refractivity contribution in [3.8, 4) is 0 Å². The molecule has 1 atom stereocenters. The van der Waals surface area contributed by atoms with Gasteiger partial charge in [-0.25, -0.2) is 0 Å². The molecule has 1 unspecified atom stereocenters. The standard InChI is InChI=1S/C16H18ClN/c1-18-16(11-13-5-3-2-4-6-13)12-14-7-9-15(17)10-8-14/h2-10,16,18H,11-12H2,1H3. The number of hydrogen-bond acceptors (Lipinski definition) is 1. The summed E-state index contributed by atoms with van der Waals surface area (Å²) in [6.45, 7) is 0. The average molecular weight is 260 g/mol. The normalized spacial score (nSPS) is 12.3. The van der Waals surface area contributed by atoms with Crippen LogP contribution in [0, 0.1) is 0 Å². The number of hydrogen-bond donors (Lipinski definition) is 1. The molecule has 2 rings (SSSR count). The Morgan fingerprint density at radius 1 is 0.889 bits per heavy atom. The average Bonchev–Trinajstić information content (AvgIpc) is 2.41. The maximum Gasteiger partial charge on any atom is 0.0406 e. The molecule has 2 aromatic rings. The third-order valence-corrected chi connectivity index (χ3v) is 3.38. The van der Waals surface area contributed by atoms with Crippen LogP contribution in [0.1, 0.15) is 11.1 Å². The van der Waals surface area contributed by atoms with Crippen molar-refractivity contribution in [2.24, 2.45) is 0 Å². The van der Waals surface area contributed by atoms with E-state index < -0.39 is 0 Å². The molecule has 0 bridgehead atoms. The lowest BCUT2D eigenvalue weighted by molar-refractivity contribution is 0.556. The maximum atomic E-state index is 5.90. The van der Waals surface area contributed by atoms with Gasteiger partial charge in [-0.1, -0.05) is 54.1 Å². The Balaban J connectivity index is 1.99. The Morgan fingerprint density at radius 2 is 1.44 bits per heavy atom. The zero-order valence-electron chi connectivity index (χ0n) is 10.6. The molecule has 1 nitrogen and oxygen atoms in total. The summed E-state index contributed by atoms with van der Waals surface area (Å²) in [6.07, 6.45) is 2.06. The van der Waals surface area contributed by atoms with E-state index in [2.05, 4.69) is 47.8 Å². The zero-order chi connectivity index (χ0) is 12.8. The number of benzene rings is 2. The molecule has 0 heterocycles. The van der Waals surface area contributed by atoms with Gasteiger partial charge in [0, 0.05) is 11.1 Å². The van der Waals surface area contributed by atoms with E-state index in [4.69, 9.17) is 11.6 Å². The predicted octanol–water partition coefficient (Wildman–Crippen LogP) is 3.71. The molecule has 0 aliphatic heterocycles. The number of nitrogens with one attached hydrogen (secondary N) is 1. The quantitative estimate of drug-likeness (QED) is 0.863. The Morgan fingerprint density at radius 3 is 2.00 bits per heavy atom. The van der Waals surface area contributed by atoms with Crippen LogP contribution in [0.3, 0.4) is 0 Å². The summed E-state index contributed by atoms with van der Waals surface area (Å²) >= 11 is 5.90. The van der Waals surface area contributed by atoms with Crippen LogP contribution in [-0.4, -0.2) is 13.1 Å². The van der Waals surface area contributed by atoms with Gasteiger partial charge in [0.15, 0.2) is 0 Å². The Hall–Kier alpha value is -1.31. The molecular formula is C16H18ClN. The van der Waals surface area contributed by atoms with E-state index in [-0.39, 0.29) is 0 Å². The topological polar surface area (TPSA) is 12.0 Å². The van der Waals surface area contributed by atoms with Crippen molar-refractivity contribution in [2.75, 3.05) is 7.05 Å². The molecule has 0 aliphatic rings. The van der Waals surface area contributed by atoms with E-state index in [1.54, 1.807) is 0 Å². The lowest BCUT2D eigenvalue weighted by Crippen LogP contribution is -2.29. The third-order valence-electron chi connectivity index (χ3n) is 3.13. The molecule has 0 aromatic heterocycles. The van der Waals surface area contributed by atoms with Gasteiger partial charge in [-0.2, -0.15) is 0 Å². The summed E-state index contributed by atoms with van der Waals surface area (Å²) < 4.78 is 0. The van der Waals surface area contributed by atoms with Crippen LogP contribution in [-0.2, 0) is 12.8 Å². The van der Waals surface area contributed by atoms with Crippen molar-refractivity contribution in [3.63, 3.8) is 0 Å². The summed E-state index contributed by atoms with van der Waals surface area (Å²) in [5, 5.41) is 4.17. The molecule has 0 aliphatic carbocycles. The Kier molecular flexibility index (Phi) is 4.80. The fraction of sp³-hybridized carbons (Fsp3) is 0.250. The van der Waals surface area contributed by atoms with Crippen LogP contribution in [0.4, 0.5) is 0 Å². The van der Waals surface area contributed by atoms with Crippen molar-refractivity contribution in [1.82, 2.24) is 5.32 Å². The Labute approximate surface area is 114 Å². The molecule has 0 radical (unpaired) electrons. The van der Waals surface area contributed by atoms with Gasteiger partial charge in [0.1, 0.15) is 0 Å². The SMILES string of the molecule is CNC(Cc1ccccc1)Cc1ccc(Cl)cc1. The van der Waals surface area contributed by atoms with E-state index in [0.29, 0.717) is 6.04 Å². The summed E-state index contributed by atoms with van der Waals surface area (Å²) in [5.74, 6) is 0. The number of halogens is 1. The second-order valence-electron chi connectivity index (χ2n) is 4.51. The molecule has 0 fully saturated rings. The lowest BCUT2D eigenvalue weighted by Gasteiger charge is -2.16. The first-order chi connectivity index (χ1) is 8.78. The lowest BCUT2D eigenvalue weighted by atomic mass is 9.99. The highest BCUT2D eigenvalue weighted by molar-refractivity contribution is 6.30. The monoisotopic (exact) mass is 259 g/mol. The van der Waals surface area contributed by atoms with Crippen molar-refractivity contribution < 1.29 is 0 Å². The van der Waals surface area contributed by atoms with E-state index in [0.717, 1.165) is 17.9 Å². The van der Waals surface area contributed by atoms with Gasteiger partial charge in [-0.3, -0.25) is 0 Å². The molecule has 2 aromatic carbocycles. The fourth-order valence-corrected chi connectivity index (χ4v) is 2.21. The van der Waals surface area contributed by atoms with Crippen molar-refractivity contribution in [1.29, 1.82) is 0 Å². The largest absolute Gasteiger partial charge is 0.316 e. The zero-order valence-corrected chi connectivity index (χ0v) is 11.3. The van der Waals surface area contributed by atoms with Crippen LogP contribution in [0.2, 0.25) is 5.02 Å². The van der Waals surface area contributed by atoms with Gasteiger partial charge in [0.25, 0.3) is 0 Å². The van der Waals surface area contributed by atoms with Gasteiger partial charge < -0.3 is 5.32 Å². The van der Waals surface area contributed by atoms with Gasteiger partial charge >= 0.3 is 0 Å². The fourth-order valence-electron chi connectivity index (χ4n) is 2.08. The van der Waals surface area contributed by atoms with Gasteiger partial charge in [-0.15, -0.1) is 0 Å². The van der Waals surface area contributed by atoms with Gasteiger partial charge in [0.05, 0.1) is 0 Å². The summed E-state index contributed by atoms with van der Waals surface area (Å²) in [7, 11) is 2.02. The van der Waals surface area contributed by atoms with Crippen LogP contribution in [0.5, 0.6) is 0 Å². The van der Waals surface area contributed by atoms with Crippen LogP contribution in [0.15, 0.2) is 54.6 Å². The van der Waals surface area contributed by atoms with E-state index >= 15 is 0 Å². The molecular weight excluding hydrogens is 242 g/mol. The summed E-state index contributed by atoms with van der Waals surface area (Å²) in [6, 6.07) is 19.1. The minimum atomic E-state index is 0.452. The first-order valence-electron chi connectivity index (χ1n) is 6.23. The first kappa shape index (κ1) is 13.1. The second-order valence-corrected chi connectivity index (χ2v) is 4.94. The summed E-state index contributed by atoms with van der Waals surface area (Å²) in [4.78, 5) is 0. The third kappa shape index (κ3) is 3.86. The molecule has 0 saturated carbocycles. The molecule has 18 heavy (non-hydrogen) atoms.